The predicted molar refractivity (Wildman–Crippen MR) is 96.3 cm³/mol. The smallest absolute Gasteiger partial charge is 0.200 e. The average Bonchev–Trinajstić information content (AvgIpc) is 3.31. The van der Waals surface area contributed by atoms with Crippen molar-refractivity contribution in [2.75, 3.05) is 0 Å². The third-order valence-electron chi connectivity index (χ3n) is 4.17. The first-order valence-electron chi connectivity index (χ1n) is 8.39. The highest BCUT2D eigenvalue weighted by Crippen LogP contribution is 2.38. The second kappa shape index (κ2) is 7.77. The molecule has 0 N–H and O–H groups in total. The van der Waals surface area contributed by atoms with E-state index < -0.39 is 0 Å². The Balaban J connectivity index is 0.000000924. The second-order valence-electron chi connectivity index (χ2n) is 5.92. The molecule has 0 amide bonds. The highest BCUT2D eigenvalue weighted by atomic mass is 32.1. The monoisotopic (exact) mass is 333 g/mol. The Bertz CT molecular complexity index is 701. The van der Waals surface area contributed by atoms with Crippen molar-refractivity contribution in [3.63, 3.8) is 0 Å². The summed E-state index contributed by atoms with van der Waals surface area (Å²) >= 11 is 5.43. The Labute approximate surface area is 144 Å². The van der Waals surface area contributed by atoms with Crippen molar-refractivity contribution in [3.05, 3.63) is 40.4 Å². The first-order valence-corrected chi connectivity index (χ1v) is 8.80. The fraction of sp³-hybridized carbons (Fsp3) is 0.556. The van der Waals surface area contributed by atoms with Crippen molar-refractivity contribution < 1.29 is 4.74 Å². The molecule has 1 unspecified atom stereocenters. The predicted octanol–water partition coefficient (Wildman–Crippen LogP) is 4.97. The number of aromatic nitrogens is 3. The van der Waals surface area contributed by atoms with E-state index in [1.54, 1.807) is 6.33 Å². The van der Waals surface area contributed by atoms with Gasteiger partial charge in [0.05, 0.1) is 0 Å². The Morgan fingerprint density at radius 3 is 2.57 bits per heavy atom. The second-order valence-corrected chi connectivity index (χ2v) is 6.28. The van der Waals surface area contributed by atoms with E-state index in [2.05, 4.69) is 25.0 Å². The molecule has 0 saturated heterocycles. The normalized spacial score (nSPS) is 14.8. The third-order valence-corrected chi connectivity index (χ3v) is 4.64. The van der Waals surface area contributed by atoms with Gasteiger partial charge in [-0.25, -0.2) is 0 Å². The van der Waals surface area contributed by atoms with Gasteiger partial charge in [0.1, 0.15) is 12.1 Å². The van der Waals surface area contributed by atoms with Crippen LogP contribution in [0.15, 0.2) is 24.5 Å². The van der Waals surface area contributed by atoms with Gasteiger partial charge in [0.15, 0.2) is 6.23 Å². The van der Waals surface area contributed by atoms with Gasteiger partial charge in [0.25, 0.3) is 0 Å². The summed E-state index contributed by atoms with van der Waals surface area (Å²) in [5.74, 6) is 1.66. The maximum absolute atomic E-state index is 6.28. The Morgan fingerprint density at radius 2 is 2.00 bits per heavy atom. The molecule has 1 fully saturated rings. The quantitative estimate of drug-likeness (QED) is 0.724. The lowest BCUT2D eigenvalue weighted by atomic mass is 10.1. The highest BCUT2D eigenvalue weighted by molar-refractivity contribution is 7.71. The summed E-state index contributed by atoms with van der Waals surface area (Å²) in [6, 6.07) is 6.16. The van der Waals surface area contributed by atoms with Gasteiger partial charge in [-0.1, -0.05) is 26.0 Å². The number of benzene rings is 1. The van der Waals surface area contributed by atoms with Crippen LogP contribution in [0.25, 0.3) is 0 Å². The Kier molecular flexibility index (Phi) is 5.99. The lowest BCUT2D eigenvalue weighted by molar-refractivity contribution is 0.0990. The van der Waals surface area contributed by atoms with Crippen LogP contribution in [0.3, 0.4) is 0 Å². The van der Waals surface area contributed by atoms with E-state index in [0.29, 0.717) is 4.77 Å². The molecule has 1 saturated carbocycles. The molecule has 126 valence electrons. The Hall–Kier alpha value is -1.62. The van der Waals surface area contributed by atoms with E-state index in [4.69, 9.17) is 17.0 Å². The zero-order valence-electron chi connectivity index (χ0n) is 14.7. The van der Waals surface area contributed by atoms with Crippen LogP contribution in [0.4, 0.5) is 0 Å². The van der Waals surface area contributed by atoms with Crippen molar-refractivity contribution in [3.8, 4) is 5.75 Å². The van der Waals surface area contributed by atoms with Crippen molar-refractivity contribution in [2.24, 2.45) is 13.0 Å². The van der Waals surface area contributed by atoms with Crippen LogP contribution >= 0.6 is 12.2 Å². The molecule has 0 radical (unpaired) electrons. The summed E-state index contributed by atoms with van der Waals surface area (Å²) in [5.41, 5.74) is 2.42. The number of ether oxygens (including phenoxy) is 1. The number of nitrogens with zero attached hydrogens (tertiary/aromatic N) is 3. The van der Waals surface area contributed by atoms with Gasteiger partial charge in [-0.15, -0.1) is 0 Å². The number of rotatable bonds is 5. The maximum atomic E-state index is 6.28. The molecular formula is C18H27N3OS. The fourth-order valence-electron chi connectivity index (χ4n) is 2.43. The van der Waals surface area contributed by atoms with E-state index in [1.165, 1.54) is 24.0 Å². The molecule has 5 heteroatoms. The van der Waals surface area contributed by atoms with Gasteiger partial charge in [-0.2, -0.15) is 9.78 Å². The molecule has 0 bridgehead atoms. The van der Waals surface area contributed by atoms with Gasteiger partial charge >= 0.3 is 0 Å². The van der Waals surface area contributed by atoms with Crippen LogP contribution in [0.5, 0.6) is 5.75 Å². The molecule has 1 aliphatic carbocycles. The van der Waals surface area contributed by atoms with Gasteiger partial charge < -0.3 is 9.30 Å². The molecule has 23 heavy (non-hydrogen) atoms. The van der Waals surface area contributed by atoms with Gasteiger partial charge in [-0.3, -0.25) is 0 Å². The SMILES string of the molecule is CC.Cc1cccc(OC(CC2CC2)n2ncn(C)c2=S)c1C. The zero-order valence-corrected chi connectivity index (χ0v) is 15.6. The van der Waals surface area contributed by atoms with Crippen LogP contribution in [0.1, 0.15) is 50.5 Å². The molecule has 1 aromatic carbocycles. The minimum Gasteiger partial charge on any atom is -0.468 e. The van der Waals surface area contributed by atoms with Crippen molar-refractivity contribution >= 4 is 12.2 Å². The van der Waals surface area contributed by atoms with Crippen LogP contribution in [-0.2, 0) is 7.05 Å². The molecular weight excluding hydrogens is 306 g/mol. The molecule has 1 atom stereocenters. The zero-order chi connectivity index (χ0) is 17.0. The molecule has 0 spiro atoms. The van der Waals surface area contributed by atoms with Crippen LogP contribution < -0.4 is 4.74 Å². The van der Waals surface area contributed by atoms with Crippen molar-refractivity contribution in [1.82, 2.24) is 14.3 Å². The number of hydrogen-bond acceptors (Lipinski definition) is 3. The number of hydrogen-bond donors (Lipinski definition) is 0. The molecule has 4 nitrogen and oxygen atoms in total. The molecule has 0 aliphatic heterocycles. The van der Waals surface area contributed by atoms with Crippen LogP contribution in [0, 0.1) is 24.5 Å². The van der Waals surface area contributed by atoms with Gasteiger partial charge in [-0.05, 0) is 62.0 Å². The fourth-order valence-corrected chi connectivity index (χ4v) is 2.64. The summed E-state index contributed by atoms with van der Waals surface area (Å²) in [6.45, 7) is 8.20. The topological polar surface area (TPSA) is 32.0 Å². The summed E-state index contributed by atoms with van der Waals surface area (Å²) in [6.07, 6.45) is 5.17. The molecule has 2 aromatic rings. The first-order chi connectivity index (χ1) is 11.1. The van der Waals surface area contributed by atoms with Crippen molar-refractivity contribution in [2.45, 2.75) is 53.2 Å². The van der Waals surface area contributed by atoms with Gasteiger partial charge in [0, 0.05) is 13.5 Å². The van der Waals surface area contributed by atoms with E-state index >= 15 is 0 Å². The lowest BCUT2D eigenvalue weighted by Crippen LogP contribution is -2.19. The molecule has 1 aromatic heterocycles. The van der Waals surface area contributed by atoms with Crippen LogP contribution in [-0.4, -0.2) is 14.3 Å². The summed E-state index contributed by atoms with van der Waals surface area (Å²) in [4.78, 5) is 0. The lowest BCUT2D eigenvalue weighted by Gasteiger charge is -2.21. The summed E-state index contributed by atoms with van der Waals surface area (Å²) in [5, 5.41) is 4.40. The van der Waals surface area contributed by atoms with Crippen LogP contribution in [0.2, 0.25) is 0 Å². The average molecular weight is 334 g/mol. The molecule has 1 aliphatic rings. The molecule has 3 rings (SSSR count). The van der Waals surface area contributed by atoms with E-state index in [0.717, 1.165) is 18.1 Å². The van der Waals surface area contributed by atoms with E-state index in [1.807, 2.05) is 42.3 Å². The Morgan fingerprint density at radius 1 is 1.30 bits per heavy atom. The largest absolute Gasteiger partial charge is 0.468 e. The molecule has 1 heterocycles. The summed E-state index contributed by atoms with van der Waals surface area (Å²) in [7, 11) is 1.91. The standard InChI is InChI=1S/C16H21N3OS.C2H6/c1-11-5-4-6-14(12(11)2)20-15(9-13-7-8-13)19-16(21)18(3)10-17-19;1-2/h4-6,10,13,15H,7-9H2,1-3H3;1-2H3. The first kappa shape index (κ1) is 17.7. The maximum Gasteiger partial charge on any atom is 0.200 e. The van der Waals surface area contributed by atoms with Gasteiger partial charge in [0.2, 0.25) is 4.77 Å². The van der Waals surface area contributed by atoms with E-state index in [9.17, 15) is 0 Å². The van der Waals surface area contributed by atoms with Crippen molar-refractivity contribution in [1.29, 1.82) is 0 Å². The van der Waals surface area contributed by atoms with E-state index in [-0.39, 0.29) is 6.23 Å². The highest BCUT2D eigenvalue weighted by Gasteiger charge is 2.29. The summed E-state index contributed by atoms with van der Waals surface area (Å²) < 4.78 is 10.7. The third kappa shape index (κ3) is 4.22. The minimum atomic E-state index is -0.119. The minimum absolute atomic E-state index is 0.119. The number of aryl methyl sites for hydroxylation is 2.